The van der Waals surface area contributed by atoms with Crippen LogP contribution in [0.2, 0.25) is 18.1 Å². The van der Waals surface area contributed by atoms with Gasteiger partial charge in [-0.1, -0.05) is 51.1 Å². The Labute approximate surface area is 261 Å². The van der Waals surface area contributed by atoms with Crippen LogP contribution < -0.4 is 0 Å². The molecule has 3 aromatic rings. The predicted molar refractivity (Wildman–Crippen MR) is 173 cm³/mol. The number of halogens is 1. The zero-order chi connectivity index (χ0) is 32.9. The molecule has 0 saturated heterocycles. The summed E-state index contributed by atoms with van der Waals surface area (Å²) in [6, 6.07) is 14.1. The third-order valence-electron chi connectivity index (χ3n) is 7.77. The van der Waals surface area contributed by atoms with Crippen molar-refractivity contribution in [2.24, 2.45) is 0 Å². The van der Waals surface area contributed by atoms with Gasteiger partial charge in [-0.3, -0.25) is 9.59 Å². The Morgan fingerprint density at radius 3 is 2.18 bits per heavy atom. The number of hydrogen-bond acceptors (Lipinski definition) is 7. The first-order valence-electron chi connectivity index (χ1n) is 14.6. The molecule has 1 atom stereocenters. The third kappa shape index (κ3) is 8.83. The largest absolute Gasteiger partial charge is 0.469 e. The van der Waals surface area contributed by atoms with E-state index >= 15 is 0 Å². The van der Waals surface area contributed by atoms with Gasteiger partial charge in [0.05, 0.1) is 36.8 Å². The molecule has 2 aromatic carbocycles. The van der Waals surface area contributed by atoms with Crippen LogP contribution in [-0.2, 0) is 34.3 Å². The molecule has 0 radical (unpaired) electrons. The maximum absolute atomic E-state index is 13.8. The summed E-state index contributed by atoms with van der Waals surface area (Å²) in [5.41, 5.74) is 1.80. The number of rotatable bonds is 13. The monoisotopic (exact) mass is 642 g/mol. The van der Waals surface area contributed by atoms with E-state index < -0.39 is 36.0 Å². The number of esters is 1. The van der Waals surface area contributed by atoms with E-state index in [0.29, 0.717) is 22.5 Å². The highest BCUT2D eigenvalue weighted by Crippen LogP contribution is 2.38. The zero-order valence-corrected chi connectivity index (χ0v) is 28.6. The summed E-state index contributed by atoms with van der Waals surface area (Å²) in [5.74, 6) is -1.49. The highest BCUT2D eigenvalue weighted by Gasteiger charge is 2.40. The summed E-state index contributed by atoms with van der Waals surface area (Å²) in [5, 5.41) is -0.289. The molecule has 0 aliphatic rings. The Kier molecular flexibility index (Phi) is 11.3. The fourth-order valence-corrected chi connectivity index (χ4v) is 7.42. The van der Waals surface area contributed by atoms with Crippen molar-refractivity contribution in [3.8, 4) is 11.3 Å². The van der Waals surface area contributed by atoms with E-state index in [4.69, 9.17) is 9.16 Å². The van der Waals surface area contributed by atoms with Crippen molar-refractivity contribution in [1.29, 1.82) is 0 Å². The lowest BCUT2D eigenvalue weighted by molar-refractivity contribution is -0.142. The molecule has 0 fully saturated rings. The van der Waals surface area contributed by atoms with Crippen LogP contribution in [0.3, 0.4) is 0 Å². The summed E-state index contributed by atoms with van der Waals surface area (Å²) in [4.78, 5) is 30.1. The smallest absolute Gasteiger partial charge is 0.308 e. The molecule has 0 N–H and O–H groups in total. The van der Waals surface area contributed by atoms with Crippen molar-refractivity contribution < 1.29 is 31.6 Å². The standard InChI is InChI=1S/C33H43FN2O6SSi/c1-23(2)36-29(19-18-27(37)20-28(21-30(38)41-6)42-44(7,8)33(3,4)5)31(25-14-16-26(34)17-15-25)35-32(36)43(39,40)22-24-12-10-9-11-13-24/h9-19,23,28H,20-22H2,1-8H3. The number of nitrogens with zero attached hydrogens (tertiary/aromatic N) is 2. The van der Waals surface area contributed by atoms with Crippen molar-refractivity contribution in [2.45, 2.75) is 88.6 Å². The first-order valence-corrected chi connectivity index (χ1v) is 19.1. The van der Waals surface area contributed by atoms with Gasteiger partial charge < -0.3 is 13.7 Å². The minimum Gasteiger partial charge on any atom is -0.469 e. The van der Waals surface area contributed by atoms with Crippen molar-refractivity contribution in [1.82, 2.24) is 9.55 Å². The van der Waals surface area contributed by atoms with Gasteiger partial charge in [0.1, 0.15) is 5.82 Å². The molecule has 1 aromatic heterocycles. The lowest BCUT2D eigenvalue weighted by atomic mass is 10.1. The summed E-state index contributed by atoms with van der Waals surface area (Å²) in [7, 11) is -4.96. The minimum atomic E-state index is -3.92. The van der Waals surface area contributed by atoms with Gasteiger partial charge in [0, 0.05) is 18.0 Å². The van der Waals surface area contributed by atoms with Crippen molar-refractivity contribution in [3.05, 3.63) is 77.7 Å². The van der Waals surface area contributed by atoms with Crippen LogP contribution in [0.5, 0.6) is 0 Å². The normalized spacial score (nSPS) is 13.4. The number of hydrogen-bond donors (Lipinski definition) is 0. The highest BCUT2D eigenvalue weighted by atomic mass is 32.2. The Morgan fingerprint density at radius 2 is 1.64 bits per heavy atom. The van der Waals surface area contributed by atoms with Gasteiger partial charge in [-0.15, -0.1) is 0 Å². The molecule has 1 heterocycles. The fourth-order valence-electron chi connectivity index (χ4n) is 4.46. The quantitative estimate of drug-likeness (QED) is 0.111. The maximum Gasteiger partial charge on any atom is 0.308 e. The SMILES string of the molecule is COC(=O)CC(CC(=O)C=Cc1c(-c2ccc(F)cc2)nc(S(=O)(=O)Cc2ccccc2)n1C(C)C)O[Si](C)(C)C(C)(C)C. The average molecular weight is 643 g/mol. The summed E-state index contributed by atoms with van der Waals surface area (Å²) in [6.07, 6.45) is 2.06. The first-order chi connectivity index (χ1) is 20.4. The number of methoxy groups -OCH3 is 1. The van der Waals surface area contributed by atoms with E-state index in [2.05, 4.69) is 25.8 Å². The molecule has 3 rings (SSSR count). The molecule has 0 aliphatic carbocycles. The van der Waals surface area contributed by atoms with Crippen LogP contribution >= 0.6 is 0 Å². The van der Waals surface area contributed by atoms with E-state index in [0.717, 1.165) is 0 Å². The second-order valence-corrected chi connectivity index (χ2v) is 19.3. The molecule has 238 valence electrons. The van der Waals surface area contributed by atoms with Crippen LogP contribution in [0.4, 0.5) is 4.39 Å². The molecule has 11 heteroatoms. The van der Waals surface area contributed by atoms with Crippen LogP contribution in [0.1, 0.15) is 64.8 Å². The van der Waals surface area contributed by atoms with Crippen molar-refractivity contribution in [3.63, 3.8) is 0 Å². The number of allylic oxidation sites excluding steroid dienone is 1. The van der Waals surface area contributed by atoms with Gasteiger partial charge in [0.2, 0.25) is 15.0 Å². The minimum absolute atomic E-state index is 0.0705. The molecular formula is C33H43FN2O6SSi. The Hall–Kier alpha value is -3.41. The van der Waals surface area contributed by atoms with E-state index in [9.17, 15) is 22.4 Å². The molecule has 0 aliphatic heterocycles. The van der Waals surface area contributed by atoms with Crippen LogP contribution in [0.15, 0.2) is 65.8 Å². The maximum atomic E-state index is 13.8. The number of ether oxygens (including phenoxy) is 1. The average Bonchev–Trinajstić information content (AvgIpc) is 3.32. The number of carbonyl (C=O) groups excluding carboxylic acids is 2. The molecule has 0 amide bonds. The van der Waals surface area contributed by atoms with Crippen molar-refractivity contribution >= 4 is 36.0 Å². The van der Waals surface area contributed by atoms with Gasteiger partial charge in [0.25, 0.3) is 0 Å². The fraction of sp³-hybridized carbons (Fsp3) is 0.424. The number of benzene rings is 2. The van der Waals surface area contributed by atoms with Gasteiger partial charge in [-0.25, -0.2) is 17.8 Å². The topological polar surface area (TPSA) is 105 Å². The number of aromatic nitrogens is 2. The Morgan fingerprint density at radius 1 is 1.02 bits per heavy atom. The summed E-state index contributed by atoms with van der Waals surface area (Å²) >= 11 is 0. The molecule has 0 saturated carbocycles. The summed E-state index contributed by atoms with van der Waals surface area (Å²) < 4.78 is 54.1. The molecule has 0 spiro atoms. The zero-order valence-electron chi connectivity index (χ0n) is 26.8. The van der Waals surface area contributed by atoms with Crippen LogP contribution in [-0.4, -0.2) is 51.3 Å². The van der Waals surface area contributed by atoms with Gasteiger partial charge in [0.15, 0.2) is 14.1 Å². The predicted octanol–water partition coefficient (Wildman–Crippen LogP) is 7.17. The van der Waals surface area contributed by atoms with E-state index in [-0.39, 0.29) is 40.6 Å². The highest BCUT2D eigenvalue weighted by molar-refractivity contribution is 7.90. The van der Waals surface area contributed by atoms with Crippen LogP contribution in [0, 0.1) is 5.82 Å². The summed E-state index contributed by atoms with van der Waals surface area (Å²) in [6.45, 7) is 14.0. The van der Waals surface area contributed by atoms with E-state index in [1.54, 1.807) is 28.8 Å². The number of carbonyl (C=O) groups is 2. The number of imidazole rings is 1. The lowest BCUT2D eigenvalue weighted by Crippen LogP contribution is -2.44. The first kappa shape index (κ1) is 35.1. The van der Waals surface area contributed by atoms with Gasteiger partial charge >= 0.3 is 5.97 Å². The van der Waals surface area contributed by atoms with Crippen LogP contribution in [0.25, 0.3) is 17.3 Å². The Balaban J connectivity index is 2.07. The molecule has 1 unspecified atom stereocenters. The molecular weight excluding hydrogens is 600 g/mol. The molecule has 44 heavy (non-hydrogen) atoms. The number of ketones is 1. The molecule has 8 nitrogen and oxygen atoms in total. The second kappa shape index (κ2) is 14.1. The number of sulfone groups is 1. The van der Waals surface area contributed by atoms with Crippen molar-refractivity contribution in [2.75, 3.05) is 7.11 Å². The van der Waals surface area contributed by atoms with Gasteiger partial charge in [-0.05, 0) is 74.0 Å². The van der Waals surface area contributed by atoms with E-state index in [1.807, 2.05) is 33.0 Å². The Bertz CT molecular complexity index is 1590. The third-order valence-corrected chi connectivity index (χ3v) is 13.9. The van der Waals surface area contributed by atoms with Gasteiger partial charge in [-0.2, -0.15) is 0 Å². The van der Waals surface area contributed by atoms with E-state index in [1.165, 1.54) is 43.5 Å². The molecule has 0 bridgehead atoms. The lowest BCUT2D eigenvalue weighted by Gasteiger charge is -2.39. The second-order valence-electron chi connectivity index (χ2n) is 12.6.